The highest BCUT2D eigenvalue weighted by molar-refractivity contribution is 5.32. The van der Waals surface area contributed by atoms with Gasteiger partial charge in [-0.15, -0.1) is 0 Å². The minimum absolute atomic E-state index is 0.117. The maximum Gasteiger partial charge on any atom is 0.123 e. The normalized spacial score (nSPS) is 20.4. The van der Waals surface area contributed by atoms with E-state index in [4.69, 9.17) is 0 Å². The molecule has 1 aromatic carbocycles. The van der Waals surface area contributed by atoms with E-state index in [9.17, 15) is 4.39 Å². The summed E-state index contributed by atoms with van der Waals surface area (Å²) in [6, 6.07) is 7.16. The van der Waals surface area contributed by atoms with Crippen LogP contribution in [0.3, 0.4) is 0 Å². The number of benzene rings is 1. The van der Waals surface area contributed by atoms with Crippen molar-refractivity contribution < 1.29 is 4.39 Å². The highest BCUT2D eigenvalue weighted by Crippen LogP contribution is 2.58. The lowest BCUT2D eigenvalue weighted by atomic mass is 9.48. The molecule has 1 aliphatic rings. The maximum atomic E-state index is 13.4. The minimum atomic E-state index is -0.117. The van der Waals surface area contributed by atoms with Crippen molar-refractivity contribution in [2.75, 3.05) is 13.6 Å². The van der Waals surface area contributed by atoms with Crippen LogP contribution in [0.4, 0.5) is 4.39 Å². The third-order valence-electron chi connectivity index (χ3n) is 4.88. The largest absolute Gasteiger partial charge is 0.319 e. The quantitative estimate of drug-likeness (QED) is 0.835. The van der Waals surface area contributed by atoms with Crippen molar-refractivity contribution in [3.05, 3.63) is 35.6 Å². The molecule has 2 heteroatoms. The predicted octanol–water partition coefficient (Wildman–Crippen LogP) is 3.88. The lowest BCUT2D eigenvalue weighted by Crippen LogP contribution is -2.54. The summed E-state index contributed by atoms with van der Waals surface area (Å²) < 4.78 is 13.4. The van der Waals surface area contributed by atoms with E-state index in [2.05, 4.69) is 25.2 Å². The van der Waals surface area contributed by atoms with Gasteiger partial charge in [-0.25, -0.2) is 4.39 Å². The summed E-state index contributed by atoms with van der Waals surface area (Å²) >= 11 is 0. The maximum absolute atomic E-state index is 13.4. The predicted molar refractivity (Wildman–Crippen MR) is 74.3 cm³/mol. The molecule has 1 N–H and O–H groups in total. The lowest BCUT2D eigenvalue weighted by Gasteiger charge is -2.57. The van der Waals surface area contributed by atoms with Crippen molar-refractivity contribution in [1.29, 1.82) is 0 Å². The molecule has 0 spiro atoms. The first-order chi connectivity index (χ1) is 8.60. The van der Waals surface area contributed by atoms with Gasteiger partial charge in [-0.3, -0.25) is 0 Å². The van der Waals surface area contributed by atoms with Crippen LogP contribution < -0.4 is 5.32 Å². The molecule has 0 radical (unpaired) electrons. The molecule has 0 heterocycles. The summed E-state index contributed by atoms with van der Waals surface area (Å²) in [5.74, 6) is -0.117. The number of hydrogen-bond donors (Lipinski definition) is 1. The van der Waals surface area contributed by atoms with E-state index in [1.54, 1.807) is 6.07 Å². The van der Waals surface area contributed by atoms with Gasteiger partial charge in [0.2, 0.25) is 0 Å². The molecule has 1 nitrogen and oxygen atoms in total. The first kappa shape index (κ1) is 13.5. The van der Waals surface area contributed by atoms with E-state index in [0.717, 1.165) is 12.1 Å². The fourth-order valence-electron chi connectivity index (χ4n) is 3.72. The molecule has 0 unspecified atom stereocenters. The van der Waals surface area contributed by atoms with Gasteiger partial charge in [-0.2, -0.15) is 0 Å². The van der Waals surface area contributed by atoms with E-state index in [0.29, 0.717) is 5.41 Å². The van der Waals surface area contributed by atoms with Crippen molar-refractivity contribution in [2.45, 2.75) is 44.9 Å². The monoisotopic (exact) mass is 249 g/mol. The van der Waals surface area contributed by atoms with Gasteiger partial charge < -0.3 is 5.32 Å². The molecule has 1 saturated carbocycles. The van der Waals surface area contributed by atoms with Crippen molar-refractivity contribution in [3.8, 4) is 0 Å². The summed E-state index contributed by atoms with van der Waals surface area (Å²) in [5, 5.41) is 3.29. The van der Waals surface area contributed by atoms with Crippen molar-refractivity contribution in [1.82, 2.24) is 5.32 Å². The number of nitrogens with one attached hydrogen (secondary N) is 1. The van der Waals surface area contributed by atoms with Crippen LogP contribution >= 0.6 is 0 Å². The summed E-state index contributed by atoms with van der Waals surface area (Å²) in [7, 11) is 1.99. The summed E-state index contributed by atoms with van der Waals surface area (Å²) in [4.78, 5) is 0. The molecule has 18 heavy (non-hydrogen) atoms. The van der Waals surface area contributed by atoms with Gasteiger partial charge in [0, 0.05) is 12.0 Å². The summed E-state index contributed by atoms with van der Waals surface area (Å²) in [5.41, 5.74) is 1.78. The molecule has 0 amide bonds. The number of rotatable bonds is 5. The van der Waals surface area contributed by atoms with Gasteiger partial charge in [-0.1, -0.05) is 38.8 Å². The topological polar surface area (TPSA) is 12.0 Å². The number of likely N-dealkylation sites (N-methyl/N-ethyl adjacent to an activating group) is 1. The molecule has 100 valence electrons. The van der Waals surface area contributed by atoms with E-state index >= 15 is 0 Å². The molecule has 0 aliphatic heterocycles. The molecular formula is C16H24FN. The Kier molecular flexibility index (Phi) is 3.76. The van der Waals surface area contributed by atoms with Crippen LogP contribution in [0.1, 0.15) is 45.1 Å². The average Bonchev–Trinajstić information content (AvgIpc) is 2.33. The van der Waals surface area contributed by atoms with Crippen LogP contribution in [0.5, 0.6) is 0 Å². The molecule has 0 saturated heterocycles. The first-order valence-corrected chi connectivity index (χ1v) is 7.00. The van der Waals surface area contributed by atoms with Crippen LogP contribution in [-0.4, -0.2) is 13.6 Å². The molecule has 1 fully saturated rings. The molecule has 0 aromatic heterocycles. The molecule has 0 bridgehead atoms. The zero-order chi connectivity index (χ0) is 13.2. The second kappa shape index (κ2) is 5.00. The Hall–Kier alpha value is -0.890. The zero-order valence-corrected chi connectivity index (χ0v) is 11.7. The highest BCUT2D eigenvalue weighted by Gasteiger charge is 2.52. The van der Waals surface area contributed by atoms with Crippen molar-refractivity contribution in [2.24, 2.45) is 5.41 Å². The Morgan fingerprint density at radius 3 is 2.39 bits per heavy atom. The third kappa shape index (κ3) is 2.18. The van der Waals surface area contributed by atoms with Crippen molar-refractivity contribution >= 4 is 0 Å². The van der Waals surface area contributed by atoms with Gasteiger partial charge in [0.15, 0.2) is 0 Å². The fourth-order valence-corrected chi connectivity index (χ4v) is 3.72. The smallest absolute Gasteiger partial charge is 0.123 e. The summed E-state index contributed by atoms with van der Waals surface area (Å²) in [6.45, 7) is 5.49. The Morgan fingerprint density at radius 1 is 1.22 bits per heavy atom. The highest BCUT2D eigenvalue weighted by atomic mass is 19.1. The Morgan fingerprint density at radius 2 is 1.89 bits per heavy atom. The zero-order valence-electron chi connectivity index (χ0n) is 11.7. The number of halogens is 1. The van der Waals surface area contributed by atoms with E-state index in [1.807, 2.05) is 13.1 Å². The van der Waals surface area contributed by atoms with Crippen LogP contribution in [0, 0.1) is 11.2 Å². The lowest BCUT2D eigenvalue weighted by molar-refractivity contribution is 0.0139. The van der Waals surface area contributed by atoms with Crippen LogP contribution in [0.2, 0.25) is 0 Å². The molecule has 1 aromatic rings. The molecule has 0 atom stereocenters. The SMILES string of the molecule is CCC1(CC)CC(CNC)(c2cccc(F)c2)C1. The van der Waals surface area contributed by atoms with Crippen molar-refractivity contribution in [3.63, 3.8) is 0 Å². The molecular weight excluding hydrogens is 225 g/mol. The van der Waals surface area contributed by atoms with Crippen LogP contribution in [0.15, 0.2) is 24.3 Å². The van der Waals surface area contributed by atoms with Gasteiger partial charge >= 0.3 is 0 Å². The van der Waals surface area contributed by atoms with Gasteiger partial charge in [0.05, 0.1) is 0 Å². The Balaban J connectivity index is 2.26. The van der Waals surface area contributed by atoms with Gasteiger partial charge in [-0.05, 0) is 43.0 Å². The molecule has 2 rings (SSSR count). The van der Waals surface area contributed by atoms with Crippen LogP contribution in [-0.2, 0) is 5.41 Å². The summed E-state index contributed by atoms with van der Waals surface area (Å²) in [6.07, 6.45) is 4.81. The Labute approximate surface area is 110 Å². The fraction of sp³-hybridized carbons (Fsp3) is 0.625. The second-order valence-electron chi connectivity index (χ2n) is 5.88. The van der Waals surface area contributed by atoms with Crippen LogP contribution in [0.25, 0.3) is 0 Å². The van der Waals surface area contributed by atoms with Gasteiger partial charge in [0.1, 0.15) is 5.82 Å². The van der Waals surface area contributed by atoms with Gasteiger partial charge in [0.25, 0.3) is 0 Å². The first-order valence-electron chi connectivity index (χ1n) is 7.00. The Bertz CT molecular complexity index is 401. The molecule has 1 aliphatic carbocycles. The minimum Gasteiger partial charge on any atom is -0.319 e. The van der Waals surface area contributed by atoms with E-state index in [1.165, 1.54) is 31.7 Å². The van der Waals surface area contributed by atoms with E-state index < -0.39 is 0 Å². The van der Waals surface area contributed by atoms with E-state index in [-0.39, 0.29) is 11.2 Å². The second-order valence-corrected chi connectivity index (χ2v) is 5.88. The third-order valence-corrected chi connectivity index (χ3v) is 4.88. The number of hydrogen-bond acceptors (Lipinski definition) is 1. The standard InChI is InChI=1S/C16H24FN/c1-4-15(5-2)10-16(11-15,12-18-3)13-7-6-8-14(17)9-13/h6-9,18H,4-5,10-12H2,1-3H3. The average molecular weight is 249 g/mol.